The Hall–Kier alpha value is -1.06. The van der Waals surface area contributed by atoms with Crippen molar-refractivity contribution >= 4 is 5.69 Å². The molecule has 2 unspecified atom stereocenters. The second-order valence-corrected chi connectivity index (χ2v) is 4.75. The quantitative estimate of drug-likeness (QED) is 0.834. The Kier molecular flexibility index (Phi) is 4.40. The lowest BCUT2D eigenvalue weighted by Gasteiger charge is -2.36. The third-order valence-electron chi connectivity index (χ3n) is 3.50. The molecule has 2 atom stereocenters. The Morgan fingerprint density at radius 1 is 1.35 bits per heavy atom. The Balaban J connectivity index is 2.23. The van der Waals surface area contributed by atoms with Gasteiger partial charge in [-0.05, 0) is 38.4 Å². The highest BCUT2D eigenvalue weighted by molar-refractivity contribution is 5.48. The number of benzene rings is 1. The molecule has 0 aromatic heterocycles. The summed E-state index contributed by atoms with van der Waals surface area (Å²) in [6, 6.07) is 11.4. The molecule has 1 fully saturated rings. The van der Waals surface area contributed by atoms with E-state index in [1.54, 1.807) is 0 Å². The molecule has 0 amide bonds. The first-order valence-electron chi connectivity index (χ1n) is 6.48. The summed E-state index contributed by atoms with van der Waals surface area (Å²) in [5.41, 5.74) is 1.27. The molecule has 0 bridgehead atoms. The lowest BCUT2D eigenvalue weighted by atomic mass is 10.1. The summed E-state index contributed by atoms with van der Waals surface area (Å²) < 4.78 is 0. The molecule has 0 saturated carbocycles. The maximum absolute atomic E-state index is 9.21. The Labute approximate surface area is 103 Å². The van der Waals surface area contributed by atoms with E-state index in [4.69, 9.17) is 0 Å². The largest absolute Gasteiger partial charge is 0.396 e. The first-order chi connectivity index (χ1) is 8.33. The molecule has 0 spiro atoms. The van der Waals surface area contributed by atoms with Crippen LogP contribution in [-0.2, 0) is 0 Å². The van der Waals surface area contributed by atoms with E-state index in [9.17, 15) is 5.11 Å². The minimum absolute atomic E-state index is 0.252. The SMILES string of the molecule is CC1CCNCC(CCO)N1c1ccccc1. The molecule has 1 aliphatic heterocycles. The summed E-state index contributed by atoms with van der Waals surface area (Å²) in [7, 11) is 0. The van der Waals surface area contributed by atoms with Crippen LogP contribution in [0.2, 0.25) is 0 Å². The van der Waals surface area contributed by atoms with Crippen molar-refractivity contribution in [1.82, 2.24) is 5.32 Å². The van der Waals surface area contributed by atoms with Crippen molar-refractivity contribution in [3.8, 4) is 0 Å². The Bertz CT molecular complexity index is 328. The van der Waals surface area contributed by atoms with Crippen LogP contribution in [-0.4, -0.2) is 36.9 Å². The summed E-state index contributed by atoms with van der Waals surface area (Å²) in [6.45, 7) is 4.54. The first kappa shape index (κ1) is 12.4. The average Bonchev–Trinajstić information content (AvgIpc) is 2.53. The lowest BCUT2D eigenvalue weighted by Crippen LogP contribution is -2.44. The number of aliphatic hydroxyl groups is 1. The molecule has 3 nitrogen and oxygen atoms in total. The smallest absolute Gasteiger partial charge is 0.0451 e. The van der Waals surface area contributed by atoms with Gasteiger partial charge in [-0.15, -0.1) is 0 Å². The van der Waals surface area contributed by atoms with Crippen molar-refractivity contribution in [2.24, 2.45) is 0 Å². The molecular weight excluding hydrogens is 212 g/mol. The van der Waals surface area contributed by atoms with Gasteiger partial charge >= 0.3 is 0 Å². The molecule has 0 radical (unpaired) electrons. The fourth-order valence-electron chi connectivity index (χ4n) is 2.63. The van der Waals surface area contributed by atoms with Gasteiger partial charge in [0.25, 0.3) is 0 Å². The van der Waals surface area contributed by atoms with Crippen LogP contribution >= 0.6 is 0 Å². The zero-order valence-corrected chi connectivity index (χ0v) is 10.5. The van der Waals surface area contributed by atoms with E-state index >= 15 is 0 Å². The zero-order chi connectivity index (χ0) is 12.1. The summed E-state index contributed by atoms with van der Waals surface area (Å²) >= 11 is 0. The van der Waals surface area contributed by atoms with E-state index < -0.39 is 0 Å². The number of hydrogen-bond acceptors (Lipinski definition) is 3. The van der Waals surface area contributed by atoms with E-state index in [1.165, 1.54) is 5.69 Å². The predicted molar refractivity (Wildman–Crippen MR) is 71.4 cm³/mol. The van der Waals surface area contributed by atoms with Gasteiger partial charge in [0, 0.05) is 30.9 Å². The maximum Gasteiger partial charge on any atom is 0.0451 e. The second kappa shape index (κ2) is 6.03. The van der Waals surface area contributed by atoms with E-state index in [2.05, 4.69) is 41.4 Å². The van der Waals surface area contributed by atoms with Gasteiger partial charge in [0.2, 0.25) is 0 Å². The molecule has 0 aliphatic carbocycles. The van der Waals surface area contributed by atoms with Gasteiger partial charge in [-0.1, -0.05) is 18.2 Å². The number of nitrogens with one attached hydrogen (secondary N) is 1. The standard InChI is InChI=1S/C14H22N2O/c1-12-7-9-15-11-14(8-10-17)16(12)13-5-3-2-4-6-13/h2-6,12,14-15,17H,7-11H2,1H3. The van der Waals surface area contributed by atoms with E-state index in [0.717, 1.165) is 25.9 Å². The van der Waals surface area contributed by atoms with Crippen molar-refractivity contribution in [2.75, 3.05) is 24.6 Å². The fraction of sp³-hybridized carbons (Fsp3) is 0.571. The molecule has 3 heteroatoms. The predicted octanol–water partition coefficient (Wildman–Crippen LogP) is 1.63. The highest BCUT2D eigenvalue weighted by Crippen LogP contribution is 2.23. The van der Waals surface area contributed by atoms with Crippen LogP contribution in [0, 0.1) is 0 Å². The van der Waals surface area contributed by atoms with Crippen molar-refractivity contribution in [3.05, 3.63) is 30.3 Å². The van der Waals surface area contributed by atoms with Gasteiger partial charge in [-0.2, -0.15) is 0 Å². The van der Waals surface area contributed by atoms with Crippen LogP contribution < -0.4 is 10.2 Å². The van der Waals surface area contributed by atoms with Crippen LogP contribution in [0.15, 0.2) is 30.3 Å². The average molecular weight is 234 g/mol. The number of para-hydroxylation sites is 1. The van der Waals surface area contributed by atoms with Gasteiger partial charge < -0.3 is 15.3 Å². The van der Waals surface area contributed by atoms with Gasteiger partial charge in [0.1, 0.15) is 0 Å². The Morgan fingerprint density at radius 2 is 2.12 bits per heavy atom. The van der Waals surface area contributed by atoms with E-state index in [-0.39, 0.29) is 6.61 Å². The maximum atomic E-state index is 9.21. The van der Waals surface area contributed by atoms with E-state index in [0.29, 0.717) is 12.1 Å². The van der Waals surface area contributed by atoms with Gasteiger partial charge in [-0.25, -0.2) is 0 Å². The van der Waals surface area contributed by atoms with Crippen molar-refractivity contribution < 1.29 is 5.11 Å². The molecule has 1 aromatic carbocycles. The molecule has 17 heavy (non-hydrogen) atoms. The van der Waals surface area contributed by atoms with Crippen LogP contribution in [0.25, 0.3) is 0 Å². The van der Waals surface area contributed by atoms with Crippen molar-refractivity contribution in [3.63, 3.8) is 0 Å². The summed E-state index contributed by atoms with van der Waals surface area (Å²) in [5, 5.41) is 12.7. The summed E-state index contributed by atoms with van der Waals surface area (Å²) in [6.07, 6.45) is 1.98. The minimum atomic E-state index is 0.252. The van der Waals surface area contributed by atoms with Gasteiger partial charge in [0.05, 0.1) is 0 Å². The first-order valence-corrected chi connectivity index (χ1v) is 6.48. The third-order valence-corrected chi connectivity index (χ3v) is 3.50. The molecular formula is C14H22N2O. The number of aliphatic hydroxyl groups excluding tert-OH is 1. The molecule has 94 valence electrons. The number of nitrogens with zero attached hydrogens (tertiary/aromatic N) is 1. The highest BCUT2D eigenvalue weighted by atomic mass is 16.3. The van der Waals surface area contributed by atoms with Crippen LogP contribution in [0.4, 0.5) is 5.69 Å². The number of hydrogen-bond donors (Lipinski definition) is 2. The fourth-order valence-corrected chi connectivity index (χ4v) is 2.63. The lowest BCUT2D eigenvalue weighted by molar-refractivity contribution is 0.271. The zero-order valence-electron chi connectivity index (χ0n) is 10.5. The summed E-state index contributed by atoms with van der Waals surface area (Å²) in [5.74, 6) is 0. The normalized spacial score (nSPS) is 25.6. The van der Waals surface area contributed by atoms with E-state index in [1.807, 2.05) is 6.07 Å². The van der Waals surface area contributed by atoms with Gasteiger partial charge in [-0.3, -0.25) is 0 Å². The highest BCUT2D eigenvalue weighted by Gasteiger charge is 2.25. The van der Waals surface area contributed by atoms with Crippen LogP contribution in [0.3, 0.4) is 0 Å². The second-order valence-electron chi connectivity index (χ2n) is 4.75. The van der Waals surface area contributed by atoms with Crippen LogP contribution in [0.1, 0.15) is 19.8 Å². The topological polar surface area (TPSA) is 35.5 Å². The molecule has 1 heterocycles. The number of rotatable bonds is 3. The van der Waals surface area contributed by atoms with Crippen molar-refractivity contribution in [2.45, 2.75) is 31.8 Å². The Morgan fingerprint density at radius 3 is 2.82 bits per heavy atom. The minimum Gasteiger partial charge on any atom is -0.396 e. The number of anilines is 1. The molecule has 1 saturated heterocycles. The van der Waals surface area contributed by atoms with Crippen molar-refractivity contribution in [1.29, 1.82) is 0 Å². The van der Waals surface area contributed by atoms with Gasteiger partial charge in [0.15, 0.2) is 0 Å². The third kappa shape index (κ3) is 2.99. The summed E-state index contributed by atoms with van der Waals surface area (Å²) in [4.78, 5) is 2.45. The monoisotopic (exact) mass is 234 g/mol. The molecule has 1 aliphatic rings. The molecule has 1 aromatic rings. The molecule has 2 N–H and O–H groups in total. The molecule has 2 rings (SSSR count). The van der Waals surface area contributed by atoms with Crippen LogP contribution in [0.5, 0.6) is 0 Å².